The van der Waals surface area contributed by atoms with Gasteiger partial charge in [-0.25, -0.2) is 21.9 Å². The Morgan fingerprint density at radius 2 is 2.10 bits per heavy atom. The van der Waals surface area contributed by atoms with E-state index in [2.05, 4.69) is 15.1 Å². The summed E-state index contributed by atoms with van der Waals surface area (Å²) in [5.41, 5.74) is 0. The van der Waals surface area contributed by atoms with Gasteiger partial charge in [-0.3, -0.25) is 4.68 Å². The molecule has 0 radical (unpaired) electrons. The average molecular weight is 331 g/mol. The van der Waals surface area contributed by atoms with E-state index >= 15 is 0 Å². The van der Waals surface area contributed by atoms with Crippen molar-refractivity contribution in [2.45, 2.75) is 36.7 Å². The number of nitrogens with zero attached hydrogens (tertiary/aromatic N) is 2. The maximum Gasteiger partial charge on any atom is 0.257 e. The van der Waals surface area contributed by atoms with Crippen LogP contribution in [0.15, 0.2) is 17.3 Å². The third-order valence-corrected chi connectivity index (χ3v) is 4.38. The van der Waals surface area contributed by atoms with E-state index in [9.17, 15) is 17.2 Å². The molecule has 2 N–H and O–H groups in total. The molecule has 0 bridgehead atoms. The Bertz CT molecular complexity index is 517. The molecule has 0 unspecified atom stereocenters. The van der Waals surface area contributed by atoms with E-state index in [1.807, 2.05) is 0 Å². The molecule has 0 amide bonds. The molecule has 0 spiro atoms. The second-order valence-electron chi connectivity index (χ2n) is 4.43. The molecular weight excluding hydrogens is 314 g/mol. The van der Waals surface area contributed by atoms with Crippen LogP contribution in [0, 0.1) is 0 Å². The molecule has 1 fully saturated rings. The van der Waals surface area contributed by atoms with Gasteiger partial charge in [0.2, 0.25) is 10.0 Å². The molecule has 1 aromatic heterocycles. The first kappa shape index (κ1) is 17.3. The zero-order chi connectivity index (χ0) is 13.9. The van der Waals surface area contributed by atoms with Gasteiger partial charge in [0, 0.05) is 12.2 Å². The van der Waals surface area contributed by atoms with Gasteiger partial charge in [-0.05, 0) is 25.9 Å². The van der Waals surface area contributed by atoms with Crippen molar-refractivity contribution in [3.8, 4) is 0 Å². The highest BCUT2D eigenvalue weighted by atomic mass is 35.5. The van der Waals surface area contributed by atoms with Crippen LogP contribution in [0.4, 0.5) is 8.78 Å². The van der Waals surface area contributed by atoms with Gasteiger partial charge in [0.15, 0.2) is 0 Å². The first-order valence-electron chi connectivity index (χ1n) is 6.01. The molecule has 2 rings (SSSR count). The van der Waals surface area contributed by atoms with E-state index in [4.69, 9.17) is 0 Å². The van der Waals surface area contributed by atoms with Crippen LogP contribution in [0.1, 0.15) is 12.8 Å². The van der Waals surface area contributed by atoms with Crippen LogP contribution in [0.5, 0.6) is 0 Å². The van der Waals surface area contributed by atoms with Crippen LogP contribution in [-0.4, -0.2) is 43.8 Å². The molecule has 1 aromatic rings. The lowest BCUT2D eigenvalue weighted by molar-refractivity contribution is 0.121. The van der Waals surface area contributed by atoms with Crippen molar-refractivity contribution in [1.29, 1.82) is 0 Å². The predicted octanol–water partition coefficient (Wildman–Crippen LogP) is 0.600. The topological polar surface area (TPSA) is 76.0 Å². The fourth-order valence-corrected chi connectivity index (χ4v) is 3.21. The summed E-state index contributed by atoms with van der Waals surface area (Å²) in [5, 5.41) is 6.75. The number of hydrogen-bond acceptors (Lipinski definition) is 4. The van der Waals surface area contributed by atoms with Gasteiger partial charge in [-0.1, -0.05) is 0 Å². The summed E-state index contributed by atoms with van der Waals surface area (Å²) in [5.74, 6) is 0. The lowest BCUT2D eigenvalue weighted by atomic mass is 10.1. The summed E-state index contributed by atoms with van der Waals surface area (Å²) < 4.78 is 51.9. The average Bonchev–Trinajstić information content (AvgIpc) is 2.78. The number of hydrogen-bond donors (Lipinski definition) is 2. The van der Waals surface area contributed by atoms with E-state index in [-0.39, 0.29) is 23.3 Å². The first-order chi connectivity index (χ1) is 8.97. The number of alkyl halides is 2. The van der Waals surface area contributed by atoms with Crippen LogP contribution in [0.2, 0.25) is 0 Å². The Morgan fingerprint density at radius 1 is 1.45 bits per heavy atom. The molecule has 0 saturated carbocycles. The molecule has 0 aliphatic carbocycles. The minimum absolute atomic E-state index is 0. The summed E-state index contributed by atoms with van der Waals surface area (Å²) >= 11 is 0. The Kier molecular flexibility index (Phi) is 6.31. The fourth-order valence-electron chi connectivity index (χ4n) is 1.95. The van der Waals surface area contributed by atoms with E-state index in [1.54, 1.807) is 0 Å². The Labute approximate surface area is 122 Å². The molecule has 0 atom stereocenters. The van der Waals surface area contributed by atoms with Gasteiger partial charge < -0.3 is 5.32 Å². The van der Waals surface area contributed by atoms with Gasteiger partial charge in [-0.2, -0.15) is 5.10 Å². The van der Waals surface area contributed by atoms with Crippen molar-refractivity contribution >= 4 is 22.4 Å². The normalized spacial score (nSPS) is 17.1. The van der Waals surface area contributed by atoms with Crippen molar-refractivity contribution < 1.29 is 17.2 Å². The zero-order valence-electron chi connectivity index (χ0n) is 10.6. The summed E-state index contributed by atoms with van der Waals surface area (Å²) in [6, 6.07) is -0.121. The molecule has 0 aromatic carbocycles. The van der Waals surface area contributed by atoms with Gasteiger partial charge in [0.25, 0.3) is 6.43 Å². The number of nitrogens with one attached hydrogen (secondary N) is 2. The molecule has 10 heteroatoms. The van der Waals surface area contributed by atoms with Gasteiger partial charge >= 0.3 is 0 Å². The molecule has 1 saturated heterocycles. The number of sulfonamides is 1. The second-order valence-corrected chi connectivity index (χ2v) is 6.15. The predicted molar refractivity (Wildman–Crippen MR) is 71.7 cm³/mol. The molecule has 1 aliphatic rings. The van der Waals surface area contributed by atoms with Crippen LogP contribution in [0.3, 0.4) is 0 Å². The SMILES string of the molecule is Cl.O=S(=O)(NC1CCNCC1)c1cnn(CC(F)F)c1. The number of aromatic nitrogens is 2. The Hall–Kier alpha value is -0.770. The molecule has 116 valence electrons. The van der Waals surface area contributed by atoms with E-state index in [1.165, 1.54) is 0 Å². The van der Waals surface area contributed by atoms with Crippen molar-refractivity contribution in [2.24, 2.45) is 0 Å². The summed E-state index contributed by atoms with van der Waals surface area (Å²) in [6.45, 7) is 0.915. The lowest BCUT2D eigenvalue weighted by Crippen LogP contribution is -2.42. The first-order valence-corrected chi connectivity index (χ1v) is 7.49. The largest absolute Gasteiger partial charge is 0.317 e. The maximum atomic E-state index is 12.2. The Morgan fingerprint density at radius 3 is 2.70 bits per heavy atom. The van der Waals surface area contributed by atoms with Gasteiger partial charge in [-0.15, -0.1) is 12.4 Å². The fraction of sp³-hybridized carbons (Fsp3) is 0.700. The second kappa shape index (κ2) is 7.30. The number of halogens is 3. The highest BCUT2D eigenvalue weighted by Gasteiger charge is 2.23. The maximum absolute atomic E-state index is 12.2. The molecule has 2 heterocycles. The van der Waals surface area contributed by atoms with Crippen molar-refractivity contribution in [2.75, 3.05) is 13.1 Å². The highest BCUT2D eigenvalue weighted by molar-refractivity contribution is 7.89. The molecule has 1 aliphatic heterocycles. The molecule has 20 heavy (non-hydrogen) atoms. The summed E-state index contributed by atoms with van der Waals surface area (Å²) in [4.78, 5) is -0.0771. The van der Waals surface area contributed by atoms with Gasteiger partial charge in [0.1, 0.15) is 11.4 Å². The smallest absolute Gasteiger partial charge is 0.257 e. The van der Waals surface area contributed by atoms with Crippen LogP contribution < -0.4 is 10.0 Å². The van der Waals surface area contributed by atoms with Crippen molar-refractivity contribution in [1.82, 2.24) is 19.8 Å². The highest BCUT2D eigenvalue weighted by Crippen LogP contribution is 2.12. The van der Waals surface area contributed by atoms with Crippen LogP contribution in [-0.2, 0) is 16.6 Å². The number of rotatable bonds is 5. The minimum Gasteiger partial charge on any atom is -0.317 e. The quantitative estimate of drug-likeness (QED) is 0.829. The monoisotopic (exact) mass is 330 g/mol. The summed E-state index contributed by atoms with van der Waals surface area (Å²) in [6.07, 6.45) is 1.07. The number of piperidine rings is 1. The van der Waals surface area contributed by atoms with Crippen LogP contribution in [0.25, 0.3) is 0 Å². The molecule has 6 nitrogen and oxygen atoms in total. The minimum atomic E-state index is -3.68. The molecular formula is C10H17ClF2N4O2S. The van der Waals surface area contributed by atoms with Crippen LogP contribution >= 0.6 is 12.4 Å². The van der Waals surface area contributed by atoms with E-state index < -0.39 is 23.0 Å². The third kappa shape index (κ3) is 4.65. The summed E-state index contributed by atoms with van der Waals surface area (Å²) in [7, 11) is -3.68. The zero-order valence-corrected chi connectivity index (χ0v) is 12.3. The van der Waals surface area contributed by atoms with Gasteiger partial charge in [0.05, 0.1) is 6.20 Å². The van der Waals surface area contributed by atoms with E-state index in [0.717, 1.165) is 30.2 Å². The van der Waals surface area contributed by atoms with Crippen molar-refractivity contribution in [3.63, 3.8) is 0 Å². The van der Waals surface area contributed by atoms with Crippen molar-refractivity contribution in [3.05, 3.63) is 12.4 Å². The standard InChI is InChI=1S/C10H16F2N4O2S.ClH/c11-10(12)7-16-6-9(5-14-16)19(17,18)15-8-1-3-13-4-2-8;/h5-6,8,10,13,15H,1-4,7H2;1H. The van der Waals surface area contributed by atoms with E-state index in [0.29, 0.717) is 12.8 Å². The Balaban J connectivity index is 0.00000200. The lowest BCUT2D eigenvalue weighted by Gasteiger charge is -2.23. The third-order valence-electron chi connectivity index (χ3n) is 2.91.